The molecule has 0 aliphatic rings. The minimum absolute atomic E-state index is 0.144. The Hall–Kier alpha value is -2.56. The zero-order valence-corrected chi connectivity index (χ0v) is 12.3. The third-order valence-electron chi connectivity index (χ3n) is 3.02. The van der Waals surface area contributed by atoms with Crippen molar-refractivity contribution in [3.8, 4) is 11.5 Å². The van der Waals surface area contributed by atoms with Crippen LogP contribution in [0.4, 0.5) is 5.82 Å². The predicted molar refractivity (Wildman–Crippen MR) is 80.9 cm³/mol. The lowest BCUT2D eigenvalue weighted by molar-refractivity contribution is -0.115. The number of carbonyl (C=O) groups excluding carboxylic acids is 1. The maximum Gasteiger partial charge on any atom is 0.230 e. The van der Waals surface area contributed by atoms with Crippen LogP contribution in [0.2, 0.25) is 0 Å². The van der Waals surface area contributed by atoms with Gasteiger partial charge in [0.1, 0.15) is 17.3 Å². The van der Waals surface area contributed by atoms with E-state index < -0.39 is 0 Å². The van der Waals surface area contributed by atoms with Gasteiger partial charge in [0.25, 0.3) is 0 Å². The molecular formula is C16H18N2O3. The average molecular weight is 286 g/mol. The van der Waals surface area contributed by atoms with Gasteiger partial charge < -0.3 is 14.8 Å². The molecule has 0 unspecified atom stereocenters. The lowest BCUT2D eigenvalue weighted by atomic mass is 10.1. The van der Waals surface area contributed by atoms with Gasteiger partial charge in [-0.1, -0.05) is 12.1 Å². The molecule has 21 heavy (non-hydrogen) atoms. The number of carbonyl (C=O) groups is 1. The first-order chi connectivity index (χ1) is 10.1. The summed E-state index contributed by atoms with van der Waals surface area (Å²) in [6, 6.07) is 9.05. The smallest absolute Gasteiger partial charge is 0.230 e. The molecule has 0 bridgehead atoms. The molecule has 0 spiro atoms. The second kappa shape index (κ2) is 6.74. The van der Waals surface area contributed by atoms with Crippen LogP contribution in [0.1, 0.15) is 11.1 Å². The molecule has 0 fully saturated rings. The highest BCUT2D eigenvalue weighted by Gasteiger charge is 2.10. The van der Waals surface area contributed by atoms with Gasteiger partial charge in [0, 0.05) is 17.8 Å². The van der Waals surface area contributed by atoms with Gasteiger partial charge in [-0.15, -0.1) is 0 Å². The van der Waals surface area contributed by atoms with Crippen LogP contribution < -0.4 is 14.8 Å². The number of nitrogens with zero attached hydrogens (tertiary/aromatic N) is 1. The minimum atomic E-state index is -0.144. The number of hydrogen-bond acceptors (Lipinski definition) is 4. The van der Waals surface area contributed by atoms with E-state index in [1.807, 2.05) is 19.1 Å². The SMILES string of the molecule is COc1ccc(CC(=O)Nc2ccc(C)cn2)c(OC)c1. The van der Waals surface area contributed by atoms with Gasteiger partial charge >= 0.3 is 0 Å². The lowest BCUT2D eigenvalue weighted by Gasteiger charge is -2.10. The monoisotopic (exact) mass is 286 g/mol. The first kappa shape index (κ1) is 14.8. The summed E-state index contributed by atoms with van der Waals surface area (Å²) in [4.78, 5) is 16.2. The summed E-state index contributed by atoms with van der Waals surface area (Å²) in [6.07, 6.45) is 1.92. The Labute approximate surface area is 123 Å². The third kappa shape index (κ3) is 3.95. The number of aromatic nitrogens is 1. The van der Waals surface area contributed by atoms with Crippen molar-refractivity contribution in [2.75, 3.05) is 19.5 Å². The van der Waals surface area contributed by atoms with E-state index in [-0.39, 0.29) is 12.3 Å². The minimum Gasteiger partial charge on any atom is -0.497 e. The molecular weight excluding hydrogens is 268 g/mol. The standard InChI is InChI=1S/C16H18N2O3/c1-11-4-7-15(17-10-11)18-16(19)8-12-5-6-13(20-2)9-14(12)21-3/h4-7,9-10H,8H2,1-3H3,(H,17,18,19). The van der Waals surface area contributed by atoms with Gasteiger partial charge in [-0.05, 0) is 24.6 Å². The van der Waals surface area contributed by atoms with Crippen molar-refractivity contribution in [3.63, 3.8) is 0 Å². The highest BCUT2D eigenvalue weighted by atomic mass is 16.5. The molecule has 0 radical (unpaired) electrons. The van der Waals surface area contributed by atoms with E-state index in [0.717, 1.165) is 11.1 Å². The molecule has 1 aromatic heterocycles. The van der Waals surface area contributed by atoms with Gasteiger partial charge in [-0.25, -0.2) is 4.98 Å². The van der Waals surface area contributed by atoms with Gasteiger partial charge in [0.05, 0.1) is 20.6 Å². The maximum atomic E-state index is 12.1. The van der Waals surface area contributed by atoms with Gasteiger partial charge in [0.2, 0.25) is 5.91 Å². The number of nitrogens with one attached hydrogen (secondary N) is 1. The molecule has 2 rings (SSSR count). The van der Waals surface area contributed by atoms with Crippen molar-refractivity contribution in [1.29, 1.82) is 0 Å². The van der Waals surface area contributed by atoms with Crippen LogP contribution in [-0.4, -0.2) is 25.1 Å². The lowest BCUT2D eigenvalue weighted by Crippen LogP contribution is -2.15. The van der Waals surface area contributed by atoms with E-state index >= 15 is 0 Å². The first-order valence-corrected chi connectivity index (χ1v) is 6.56. The number of rotatable bonds is 5. The number of aryl methyl sites for hydroxylation is 1. The average Bonchev–Trinajstić information content (AvgIpc) is 2.50. The van der Waals surface area contributed by atoms with E-state index in [9.17, 15) is 4.79 Å². The number of anilines is 1. The Bertz CT molecular complexity index is 624. The molecule has 0 atom stereocenters. The molecule has 110 valence electrons. The summed E-state index contributed by atoms with van der Waals surface area (Å²) in [7, 11) is 3.15. The highest BCUT2D eigenvalue weighted by Crippen LogP contribution is 2.25. The van der Waals surface area contributed by atoms with Crippen LogP contribution in [0, 0.1) is 6.92 Å². The van der Waals surface area contributed by atoms with Gasteiger partial charge in [-0.2, -0.15) is 0 Å². The van der Waals surface area contributed by atoms with Crippen molar-refractivity contribution >= 4 is 11.7 Å². The second-order valence-corrected chi connectivity index (χ2v) is 4.62. The molecule has 0 aliphatic heterocycles. The van der Waals surface area contributed by atoms with Crippen LogP contribution in [0.15, 0.2) is 36.5 Å². The van der Waals surface area contributed by atoms with Crippen LogP contribution in [0.3, 0.4) is 0 Å². The summed E-state index contributed by atoms with van der Waals surface area (Å²) in [5.41, 5.74) is 1.84. The molecule has 1 aromatic carbocycles. The van der Waals surface area contributed by atoms with Crippen LogP contribution in [0.5, 0.6) is 11.5 Å². The molecule has 0 saturated carbocycles. The molecule has 1 N–H and O–H groups in total. The Morgan fingerprint density at radius 1 is 1.19 bits per heavy atom. The van der Waals surface area contributed by atoms with Crippen molar-refractivity contribution < 1.29 is 14.3 Å². The largest absolute Gasteiger partial charge is 0.497 e. The van der Waals surface area contributed by atoms with E-state index in [1.165, 1.54) is 0 Å². The highest BCUT2D eigenvalue weighted by molar-refractivity contribution is 5.91. The van der Waals surface area contributed by atoms with Crippen molar-refractivity contribution in [3.05, 3.63) is 47.7 Å². The molecule has 2 aromatic rings. The number of benzene rings is 1. The van der Waals surface area contributed by atoms with Crippen LogP contribution in [-0.2, 0) is 11.2 Å². The first-order valence-electron chi connectivity index (χ1n) is 6.56. The number of amides is 1. The Kier molecular flexibility index (Phi) is 4.77. The third-order valence-corrected chi connectivity index (χ3v) is 3.02. The molecule has 1 heterocycles. The van der Waals surface area contributed by atoms with E-state index in [2.05, 4.69) is 10.3 Å². The number of hydrogen-bond donors (Lipinski definition) is 1. The fourth-order valence-corrected chi connectivity index (χ4v) is 1.90. The van der Waals surface area contributed by atoms with Crippen LogP contribution >= 0.6 is 0 Å². The van der Waals surface area contributed by atoms with Gasteiger partial charge in [0.15, 0.2) is 0 Å². The molecule has 5 heteroatoms. The zero-order chi connectivity index (χ0) is 15.2. The number of pyridine rings is 1. The predicted octanol–water partition coefficient (Wildman–Crippen LogP) is 2.59. The summed E-state index contributed by atoms with van der Waals surface area (Å²) in [6.45, 7) is 1.95. The van der Waals surface area contributed by atoms with Crippen molar-refractivity contribution in [2.24, 2.45) is 0 Å². The Morgan fingerprint density at radius 2 is 2.00 bits per heavy atom. The fraction of sp³-hybridized carbons (Fsp3) is 0.250. The van der Waals surface area contributed by atoms with Crippen LogP contribution in [0.25, 0.3) is 0 Å². The van der Waals surface area contributed by atoms with Crippen molar-refractivity contribution in [2.45, 2.75) is 13.3 Å². The zero-order valence-electron chi connectivity index (χ0n) is 12.3. The topological polar surface area (TPSA) is 60.5 Å². The number of methoxy groups -OCH3 is 2. The van der Waals surface area contributed by atoms with Gasteiger partial charge in [-0.3, -0.25) is 4.79 Å². The van der Waals surface area contributed by atoms with E-state index in [1.54, 1.807) is 38.6 Å². The molecule has 5 nitrogen and oxygen atoms in total. The normalized spacial score (nSPS) is 10.0. The maximum absolute atomic E-state index is 12.1. The summed E-state index contributed by atoms with van der Waals surface area (Å²) in [5.74, 6) is 1.71. The molecule has 1 amide bonds. The fourth-order valence-electron chi connectivity index (χ4n) is 1.90. The Balaban J connectivity index is 2.07. The Morgan fingerprint density at radius 3 is 2.62 bits per heavy atom. The number of ether oxygens (including phenoxy) is 2. The molecule has 0 saturated heterocycles. The van der Waals surface area contributed by atoms with E-state index in [4.69, 9.17) is 9.47 Å². The second-order valence-electron chi connectivity index (χ2n) is 4.62. The summed E-state index contributed by atoms with van der Waals surface area (Å²) >= 11 is 0. The molecule has 0 aliphatic carbocycles. The van der Waals surface area contributed by atoms with E-state index in [0.29, 0.717) is 17.3 Å². The van der Waals surface area contributed by atoms with Crippen molar-refractivity contribution in [1.82, 2.24) is 4.98 Å². The quantitative estimate of drug-likeness (QED) is 0.917. The summed E-state index contributed by atoms with van der Waals surface area (Å²) in [5, 5.41) is 2.76. The summed E-state index contributed by atoms with van der Waals surface area (Å²) < 4.78 is 10.4.